The van der Waals surface area contributed by atoms with Gasteiger partial charge in [-0.05, 0) is 86.2 Å². The lowest BCUT2D eigenvalue weighted by Gasteiger charge is -2.35. The number of benzene rings is 3. The van der Waals surface area contributed by atoms with Gasteiger partial charge in [-0.15, -0.1) is 0 Å². The molecule has 4 aromatic rings. The summed E-state index contributed by atoms with van der Waals surface area (Å²) >= 11 is 0. The van der Waals surface area contributed by atoms with Crippen molar-refractivity contribution in [2.24, 2.45) is 5.92 Å². The average molecular weight is 717 g/mol. The Hall–Kier alpha value is -5.05. The van der Waals surface area contributed by atoms with E-state index in [-0.39, 0.29) is 63.4 Å². The lowest BCUT2D eigenvalue weighted by Crippen LogP contribution is -2.54. The van der Waals surface area contributed by atoms with E-state index in [1.807, 2.05) is 0 Å². The summed E-state index contributed by atoms with van der Waals surface area (Å²) in [4.78, 5) is 31.1. The number of halogens is 3. The van der Waals surface area contributed by atoms with E-state index < -0.39 is 40.2 Å². The first-order valence-electron chi connectivity index (χ1n) is 15.7. The number of hydrogen-bond donors (Lipinski definition) is 3. The summed E-state index contributed by atoms with van der Waals surface area (Å²) < 4.78 is 84.9. The van der Waals surface area contributed by atoms with Gasteiger partial charge >= 0.3 is 12.1 Å². The maximum absolute atomic E-state index is 14.4. The topological polar surface area (TPSA) is 159 Å². The van der Waals surface area contributed by atoms with Gasteiger partial charge < -0.3 is 30.6 Å². The van der Waals surface area contributed by atoms with E-state index in [9.17, 15) is 31.2 Å². The molecule has 1 atom stereocenters. The third-order valence-corrected chi connectivity index (χ3v) is 9.40. The molecule has 1 unspecified atom stereocenters. The van der Waals surface area contributed by atoms with Gasteiger partial charge in [-0.2, -0.15) is 13.2 Å². The number of sulfone groups is 1. The Morgan fingerprint density at radius 3 is 2.34 bits per heavy atom. The number of carbonyl (C=O) groups is 2. The molecule has 1 amide bonds. The highest BCUT2D eigenvalue weighted by molar-refractivity contribution is 7.91. The van der Waals surface area contributed by atoms with Gasteiger partial charge in [0.05, 0.1) is 23.4 Å². The fraction of sp³-hybridized carbons (Fsp3) is 0.343. The third kappa shape index (κ3) is 8.75. The van der Waals surface area contributed by atoms with Crippen LogP contribution in [0.4, 0.5) is 24.7 Å². The van der Waals surface area contributed by atoms with Crippen LogP contribution in [0.3, 0.4) is 0 Å². The first-order valence-corrected chi connectivity index (χ1v) is 17.4. The van der Waals surface area contributed by atoms with Crippen molar-refractivity contribution in [3.63, 3.8) is 0 Å². The Kier molecular flexibility index (Phi) is 11.5. The van der Waals surface area contributed by atoms with Crippen LogP contribution in [0.2, 0.25) is 0 Å². The van der Waals surface area contributed by atoms with Crippen LogP contribution in [0.5, 0.6) is 11.5 Å². The van der Waals surface area contributed by atoms with Gasteiger partial charge in [0, 0.05) is 29.4 Å². The van der Waals surface area contributed by atoms with E-state index >= 15 is 0 Å². The summed E-state index contributed by atoms with van der Waals surface area (Å²) in [5.74, 6) is -3.84. The molecule has 0 bridgehead atoms. The van der Waals surface area contributed by atoms with Crippen molar-refractivity contribution in [2.45, 2.75) is 64.1 Å². The Balaban J connectivity index is 1.91. The molecule has 1 heterocycles. The maximum atomic E-state index is 14.4. The first kappa shape index (κ1) is 37.8. The van der Waals surface area contributed by atoms with Crippen molar-refractivity contribution in [3.8, 4) is 11.5 Å². The lowest BCUT2D eigenvalue weighted by molar-refractivity contribution is -0.213. The highest BCUT2D eigenvalue weighted by Crippen LogP contribution is 2.38. The van der Waals surface area contributed by atoms with Gasteiger partial charge in [0.15, 0.2) is 21.3 Å². The SMILES string of the molecule is CCOc1cc(C(Nc2ccc3c(N)nccc3c2)(OC(=O)C(F)(F)F)C(=O)NCc2ccccc2S(=O)(=O)CC(C)C)ccc1OC(C)C. The second-order valence-electron chi connectivity index (χ2n) is 12.1. The van der Waals surface area contributed by atoms with Gasteiger partial charge in [-0.25, -0.2) is 18.2 Å². The molecule has 0 radical (unpaired) electrons. The van der Waals surface area contributed by atoms with Crippen molar-refractivity contribution in [1.29, 1.82) is 0 Å². The average Bonchev–Trinajstić information content (AvgIpc) is 3.03. The molecule has 0 aliphatic rings. The molecule has 0 saturated heterocycles. The standard InChI is InChI=1S/C35H39F3N4O7S/c1-6-47-29-18-25(11-14-28(29)48-22(4)5)34(49-33(44)35(36,37)38,42-26-12-13-27-23(17-26)15-16-40-31(27)39)32(43)41-19-24-9-7-8-10-30(24)50(45,46)20-21(2)3/h7-18,21-22,42H,6,19-20H2,1-5H3,(H2,39,40)(H,41,43). The normalized spacial score (nSPS) is 13.2. The molecule has 11 nitrogen and oxygen atoms in total. The first-order chi connectivity index (χ1) is 23.5. The second-order valence-corrected chi connectivity index (χ2v) is 14.1. The minimum atomic E-state index is -5.52. The molecule has 0 saturated carbocycles. The molecule has 0 aliphatic heterocycles. The number of anilines is 2. The number of ether oxygens (including phenoxy) is 3. The van der Waals surface area contributed by atoms with E-state index in [0.717, 1.165) is 0 Å². The Bertz CT molecular complexity index is 1970. The quantitative estimate of drug-likeness (QED) is 0.103. The molecule has 1 aromatic heterocycles. The van der Waals surface area contributed by atoms with Crippen molar-refractivity contribution in [3.05, 3.63) is 84.1 Å². The second kappa shape index (κ2) is 15.2. The minimum absolute atomic E-state index is 0.0585. The zero-order valence-corrected chi connectivity index (χ0v) is 28.9. The van der Waals surface area contributed by atoms with Gasteiger partial charge in [0.2, 0.25) is 0 Å². The van der Waals surface area contributed by atoms with Crippen molar-refractivity contribution in [1.82, 2.24) is 10.3 Å². The number of alkyl halides is 3. The number of amides is 1. The highest BCUT2D eigenvalue weighted by Gasteiger charge is 2.52. The molecular formula is C35H39F3N4O7S. The van der Waals surface area contributed by atoms with Crippen molar-refractivity contribution < 1.29 is 45.4 Å². The van der Waals surface area contributed by atoms with E-state index in [1.165, 1.54) is 60.8 Å². The fourth-order valence-electron chi connectivity index (χ4n) is 5.20. The van der Waals surface area contributed by atoms with Crippen LogP contribution < -0.4 is 25.8 Å². The Labute approximate surface area is 288 Å². The number of fused-ring (bicyclic) bond motifs is 1. The number of esters is 1. The smallest absolute Gasteiger partial charge is 0.490 e. The number of aromatic nitrogens is 1. The molecule has 4 rings (SSSR count). The van der Waals surface area contributed by atoms with Crippen LogP contribution in [0.25, 0.3) is 10.8 Å². The van der Waals surface area contributed by atoms with E-state index in [4.69, 9.17) is 19.9 Å². The van der Waals surface area contributed by atoms with Crippen LogP contribution in [0.1, 0.15) is 45.7 Å². The number of hydrogen-bond acceptors (Lipinski definition) is 10. The summed E-state index contributed by atoms with van der Waals surface area (Å²) in [5.41, 5.74) is 3.06. The number of carbonyl (C=O) groups excluding carboxylic acids is 2. The van der Waals surface area contributed by atoms with Crippen LogP contribution in [0.15, 0.2) is 77.8 Å². The van der Waals surface area contributed by atoms with Crippen LogP contribution in [-0.2, 0) is 36.4 Å². The number of nitrogens with zero attached hydrogens (tertiary/aromatic N) is 1. The van der Waals surface area contributed by atoms with E-state index in [0.29, 0.717) is 10.8 Å². The monoisotopic (exact) mass is 716 g/mol. The van der Waals surface area contributed by atoms with Crippen LogP contribution in [0, 0.1) is 5.92 Å². The van der Waals surface area contributed by atoms with Gasteiger partial charge in [0.25, 0.3) is 11.6 Å². The van der Waals surface area contributed by atoms with Crippen molar-refractivity contribution in [2.75, 3.05) is 23.4 Å². The van der Waals surface area contributed by atoms with E-state index in [2.05, 4.69) is 15.6 Å². The molecule has 50 heavy (non-hydrogen) atoms. The lowest BCUT2D eigenvalue weighted by atomic mass is 9.99. The fourth-order valence-corrected chi connectivity index (χ4v) is 7.08. The van der Waals surface area contributed by atoms with Gasteiger partial charge in [0.1, 0.15) is 5.82 Å². The summed E-state index contributed by atoms with van der Waals surface area (Å²) in [5, 5.41) is 6.28. The van der Waals surface area contributed by atoms with Crippen molar-refractivity contribution >= 4 is 44.0 Å². The summed E-state index contributed by atoms with van der Waals surface area (Å²) in [6.45, 7) is 8.34. The van der Waals surface area contributed by atoms with Gasteiger partial charge in [-0.3, -0.25) is 4.79 Å². The molecule has 4 N–H and O–H groups in total. The molecular weight excluding hydrogens is 677 g/mol. The molecule has 3 aromatic carbocycles. The summed E-state index contributed by atoms with van der Waals surface area (Å²) in [6, 6.07) is 15.9. The van der Waals surface area contributed by atoms with Crippen LogP contribution in [-0.4, -0.2) is 49.9 Å². The number of nitrogens with two attached hydrogens (primary N) is 1. The number of pyridine rings is 1. The predicted molar refractivity (Wildman–Crippen MR) is 182 cm³/mol. The third-order valence-electron chi connectivity index (χ3n) is 7.23. The summed E-state index contributed by atoms with van der Waals surface area (Å²) in [6.07, 6.45) is -4.41. The molecule has 268 valence electrons. The molecule has 15 heteroatoms. The van der Waals surface area contributed by atoms with Crippen LogP contribution >= 0.6 is 0 Å². The number of rotatable bonds is 14. The summed E-state index contributed by atoms with van der Waals surface area (Å²) in [7, 11) is -3.81. The largest absolute Gasteiger partial charge is 0.491 e. The molecule has 0 fully saturated rings. The molecule has 0 spiro atoms. The Morgan fingerprint density at radius 2 is 1.68 bits per heavy atom. The molecule has 0 aliphatic carbocycles. The zero-order chi connectivity index (χ0) is 36.9. The maximum Gasteiger partial charge on any atom is 0.491 e. The highest BCUT2D eigenvalue weighted by atomic mass is 32.2. The van der Waals surface area contributed by atoms with E-state index in [1.54, 1.807) is 46.8 Å². The Morgan fingerprint density at radius 1 is 0.960 bits per heavy atom. The number of nitrogen functional groups attached to an aromatic ring is 1. The number of nitrogens with one attached hydrogen (secondary N) is 2. The van der Waals surface area contributed by atoms with Gasteiger partial charge in [-0.1, -0.05) is 32.0 Å². The zero-order valence-electron chi connectivity index (χ0n) is 28.1. The predicted octanol–water partition coefficient (Wildman–Crippen LogP) is 6.12. The minimum Gasteiger partial charge on any atom is -0.490 e.